The molecular formula is C13H9ClFNO. The maximum Gasteiger partial charge on any atom is 0.196 e. The van der Waals surface area contributed by atoms with E-state index in [-0.39, 0.29) is 16.4 Å². The van der Waals surface area contributed by atoms with E-state index in [1.165, 1.54) is 18.3 Å². The van der Waals surface area contributed by atoms with Crippen molar-refractivity contribution in [3.05, 3.63) is 64.2 Å². The number of hydrogen-bond acceptors (Lipinski definition) is 2. The number of rotatable bonds is 2. The lowest BCUT2D eigenvalue weighted by Gasteiger charge is -2.04. The van der Waals surface area contributed by atoms with Gasteiger partial charge < -0.3 is 0 Å². The first-order valence-electron chi connectivity index (χ1n) is 4.99. The van der Waals surface area contributed by atoms with Crippen molar-refractivity contribution in [2.24, 2.45) is 0 Å². The van der Waals surface area contributed by atoms with Gasteiger partial charge in [-0.15, -0.1) is 0 Å². The van der Waals surface area contributed by atoms with Gasteiger partial charge in [-0.3, -0.25) is 9.78 Å². The van der Waals surface area contributed by atoms with Crippen molar-refractivity contribution in [1.29, 1.82) is 0 Å². The van der Waals surface area contributed by atoms with E-state index in [1.807, 2.05) is 6.92 Å². The molecular weight excluding hydrogens is 241 g/mol. The topological polar surface area (TPSA) is 30.0 Å². The summed E-state index contributed by atoms with van der Waals surface area (Å²) >= 11 is 5.87. The lowest BCUT2D eigenvalue weighted by Crippen LogP contribution is -2.03. The highest BCUT2D eigenvalue weighted by Crippen LogP contribution is 2.20. The highest BCUT2D eigenvalue weighted by molar-refractivity contribution is 6.34. The fraction of sp³-hybridized carbons (Fsp3) is 0.0769. The Labute approximate surface area is 103 Å². The summed E-state index contributed by atoms with van der Waals surface area (Å²) in [6, 6.07) is 5.41. The Kier molecular flexibility index (Phi) is 3.20. The molecule has 0 spiro atoms. The van der Waals surface area contributed by atoms with Gasteiger partial charge in [0.15, 0.2) is 5.78 Å². The lowest BCUT2D eigenvalue weighted by molar-refractivity contribution is 0.103. The number of nitrogens with zero attached hydrogens (tertiary/aromatic N) is 1. The Hall–Kier alpha value is -1.74. The Balaban J connectivity index is 2.47. The van der Waals surface area contributed by atoms with Gasteiger partial charge in [-0.2, -0.15) is 0 Å². The minimum absolute atomic E-state index is 0.152. The standard InChI is InChI=1S/C13H9ClFNO/c1-8-4-9(7-16-6-8)13(17)11-5-10(15)2-3-12(11)14/h2-7H,1H3. The molecule has 0 unspecified atom stereocenters. The van der Waals surface area contributed by atoms with Crippen molar-refractivity contribution in [1.82, 2.24) is 4.98 Å². The fourth-order valence-electron chi connectivity index (χ4n) is 1.51. The summed E-state index contributed by atoms with van der Waals surface area (Å²) in [6.07, 6.45) is 3.08. The van der Waals surface area contributed by atoms with Gasteiger partial charge in [-0.1, -0.05) is 11.6 Å². The normalized spacial score (nSPS) is 10.3. The number of ketones is 1. The molecule has 86 valence electrons. The van der Waals surface area contributed by atoms with Crippen LogP contribution in [0.15, 0.2) is 36.7 Å². The van der Waals surface area contributed by atoms with Crippen LogP contribution in [0.5, 0.6) is 0 Å². The van der Waals surface area contributed by atoms with Crippen molar-refractivity contribution < 1.29 is 9.18 Å². The zero-order valence-corrected chi connectivity index (χ0v) is 9.83. The number of hydrogen-bond donors (Lipinski definition) is 0. The van der Waals surface area contributed by atoms with E-state index in [0.717, 1.165) is 11.6 Å². The van der Waals surface area contributed by atoms with Gasteiger partial charge in [0.2, 0.25) is 0 Å². The molecule has 0 fully saturated rings. The van der Waals surface area contributed by atoms with Gasteiger partial charge >= 0.3 is 0 Å². The van der Waals surface area contributed by atoms with Crippen molar-refractivity contribution in [3.63, 3.8) is 0 Å². The van der Waals surface area contributed by atoms with Gasteiger partial charge in [0, 0.05) is 23.5 Å². The molecule has 0 radical (unpaired) electrons. The molecule has 2 rings (SSSR count). The van der Waals surface area contributed by atoms with Crippen LogP contribution in [0, 0.1) is 12.7 Å². The highest BCUT2D eigenvalue weighted by Gasteiger charge is 2.14. The Morgan fingerprint density at radius 3 is 2.76 bits per heavy atom. The van der Waals surface area contributed by atoms with E-state index < -0.39 is 5.82 Å². The SMILES string of the molecule is Cc1cncc(C(=O)c2cc(F)ccc2Cl)c1. The Morgan fingerprint density at radius 1 is 1.29 bits per heavy atom. The molecule has 0 bridgehead atoms. The summed E-state index contributed by atoms with van der Waals surface area (Å²) < 4.78 is 13.1. The van der Waals surface area contributed by atoms with Crippen LogP contribution < -0.4 is 0 Å². The molecule has 1 heterocycles. The molecule has 1 aromatic carbocycles. The van der Waals surface area contributed by atoms with Crippen LogP contribution in [0.4, 0.5) is 4.39 Å². The third-order valence-corrected chi connectivity index (χ3v) is 2.64. The largest absolute Gasteiger partial charge is 0.288 e. The predicted molar refractivity (Wildman–Crippen MR) is 63.8 cm³/mol. The quantitative estimate of drug-likeness (QED) is 0.764. The molecule has 1 aromatic heterocycles. The fourth-order valence-corrected chi connectivity index (χ4v) is 1.71. The maximum absolute atomic E-state index is 13.1. The first-order valence-corrected chi connectivity index (χ1v) is 5.37. The van der Waals surface area contributed by atoms with Crippen LogP contribution in [0.2, 0.25) is 5.02 Å². The van der Waals surface area contributed by atoms with E-state index in [0.29, 0.717) is 5.56 Å². The predicted octanol–water partition coefficient (Wildman–Crippen LogP) is 3.41. The molecule has 0 aliphatic heterocycles. The molecule has 0 saturated carbocycles. The molecule has 2 aromatic rings. The van der Waals surface area contributed by atoms with Crippen LogP contribution >= 0.6 is 11.6 Å². The van der Waals surface area contributed by atoms with Gasteiger partial charge in [0.1, 0.15) is 5.82 Å². The number of carbonyl (C=O) groups excluding carboxylic acids is 1. The highest BCUT2D eigenvalue weighted by atomic mass is 35.5. The van der Waals surface area contributed by atoms with Crippen molar-refractivity contribution in [2.45, 2.75) is 6.92 Å². The maximum atomic E-state index is 13.1. The van der Waals surface area contributed by atoms with Gasteiger partial charge in [0.05, 0.1) is 5.02 Å². The first kappa shape index (κ1) is 11.7. The van der Waals surface area contributed by atoms with E-state index >= 15 is 0 Å². The summed E-state index contributed by atoms with van der Waals surface area (Å²) in [7, 11) is 0. The van der Waals surface area contributed by atoms with Crippen LogP contribution in [-0.2, 0) is 0 Å². The first-order chi connectivity index (χ1) is 8.08. The molecule has 4 heteroatoms. The second kappa shape index (κ2) is 4.63. The molecule has 2 nitrogen and oxygen atoms in total. The molecule has 0 N–H and O–H groups in total. The van der Waals surface area contributed by atoms with Crippen molar-refractivity contribution in [3.8, 4) is 0 Å². The van der Waals surface area contributed by atoms with Crippen molar-refractivity contribution >= 4 is 17.4 Å². The summed E-state index contributed by atoms with van der Waals surface area (Å²) in [5.41, 5.74) is 1.42. The zero-order chi connectivity index (χ0) is 12.4. The molecule has 0 saturated heterocycles. The number of halogens is 2. The average Bonchev–Trinajstić information content (AvgIpc) is 2.31. The molecule has 0 amide bonds. The van der Waals surface area contributed by atoms with E-state index in [9.17, 15) is 9.18 Å². The summed E-state index contributed by atoms with van der Waals surface area (Å²) in [5, 5.41) is 0.234. The van der Waals surface area contributed by atoms with E-state index in [2.05, 4.69) is 4.98 Å². The van der Waals surface area contributed by atoms with Crippen LogP contribution in [0.3, 0.4) is 0 Å². The smallest absolute Gasteiger partial charge is 0.196 e. The minimum Gasteiger partial charge on any atom is -0.288 e. The number of aryl methyl sites for hydroxylation is 1. The summed E-state index contributed by atoms with van der Waals surface area (Å²) in [6.45, 7) is 1.83. The van der Waals surface area contributed by atoms with E-state index in [1.54, 1.807) is 12.3 Å². The number of aromatic nitrogens is 1. The molecule has 0 aliphatic rings. The Bertz CT molecular complexity index is 583. The monoisotopic (exact) mass is 249 g/mol. The van der Waals surface area contributed by atoms with E-state index in [4.69, 9.17) is 11.6 Å². The third kappa shape index (κ3) is 2.50. The molecule has 0 atom stereocenters. The van der Waals surface area contributed by atoms with Gasteiger partial charge in [-0.25, -0.2) is 4.39 Å². The number of benzene rings is 1. The van der Waals surface area contributed by atoms with Crippen LogP contribution in [-0.4, -0.2) is 10.8 Å². The lowest BCUT2D eigenvalue weighted by atomic mass is 10.0. The number of pyridine rings is 1. The zero-order valence-electron chi connectivity index (χ0n) is 9.08. The Morgan fingerprint density at radius 2 is 2.06 bits per heavy atom. The van der Waals surface area contributed by atoms with Crippen molar-refractivity contribution in [2.75, 3.05) is 0 Å². The van der Waals surface area contributed by atoms with Gasteiger partial charge in [0.25, 0.3) is 0 Å². The molecule has 17 heavy (non-hydrogen) atoms. The minimum atomic E-state index is -0.488. The molecule has 0 aliphatic carbocycles. The van der Waals surface area contributed by atoms with Gasteiger partial charge in [-0.05, 0) is 36.8 Å². The number of carbonyl (C=O) groups is 1. The second-order valence-corrected chi connectivity index (χ2v) is 4.11. The summed E-state index contributed by atoms with van der Waals surface area (Å²) in [4.78, 5) is 16.0. The van der Waals surface area contributed by atoms with Crippen LogP contribution in [0.1, 0.15) is 21.5 Å². The summed E-state index contributed by atoms with van der Waals surface area (Å²) in [5.74, 6) is -0.816. The second-order valence-electron chi connectivity index (χ2n) is 3.70. The van der Waals surface area contributed by atoms with Crippen LogP contribution in [0.25, 0.3) is 0 Å². The third-order valence-electron chi connectivity index (χ3n) is 2.31. The average molecular weight is 250 g/mol.